The van der Waals surface area contributed by atoms with Gasteiger partial charge in [0.1, 0.15) is 0 Å². The highest BCUT2D eigenvalue weighted by molar-refractivity contribution is 5.19. The highest BCUT2D eigenvalue weighted by Gasteiger charge is 2.41. The number of aliphatic hydroxyl groups excluding tert-OH is 1. The zero-order valence-corrected chi connectivity index (χ0v) is 6.38. The van der Waals surface area contributed by atoms with Crippen LogP contribution in [0, 0.1) is 17.8 Å². The second-order valence-corrected chi connectivity index (χ2v) is 3.63. The average molecular weight is 138 g/mol. The summed E-state index contributed by atoms with van der Waals surface area (Å²) < 4.78 is 0. The second-order valence-electron chi connectivity index (χ2n) is 3.63. The van der Waals surface area contributed by atoms with E-state index < -0.39 is 0 Å². The smallest absolute Gasteiger partial charge is 0.0644 e. The molecule has 0 spiro atoms. The van der Waals surface area contributed by atoms with E-state index in [0.717, 1.165) is 17.8 Å². The topological polar surface area (TPSA) is 20.2 Å². The van der Waals surface area contributed by atoms with Crippen LogP contribution in [0.1, 0.15) is 19.8 Å². The molecule has 0 aromatic carbocycles. The molecule has 1 saturated carbocycles. The first-order valence-electron chi connectivity index (χ1n) is 4.12. The van der Waals surface area contributed by atoms with Crippen molar-refractivity contribution in [3.05, 3.63) is 11.6 Å². The van der Waals surface area contributed by atoms with Crippen molar-refractivity contribution in [1.82, 2.24) is 0 Å². The van der Waals surface area contributed by atoms with Crippen molar-refractivity contribution in [2.45, 2.75) is 19.8 Å². The molecule has 1 N–H and O–H groups in total. The van der Waals surface area contributed by atoms with E-state index >= 15 is 0 Å². The molecule has 1 heteroatoms. The van der Waals surface area contributed by atoms with Gasteiger partial charge in [-0.2, -0.15) is 0 Å². The first kappa shape index (κ1) is 6.41. The van der Waals surface area contributed by atoms with Gasteiger partial charge in [-0.25, -0.2) is 0 Å². The fraction of sp³-hybridized carbons (Fsp3) is 0.778. The summed E-state index contributed by atoms with van der Waals surface area (Å²) in [6.07, 6.45) is 4.79. The fourth-order valence-electron chi connectivity index (χ4n) is 2.32. The van der Waals surface area contributed by atoms with Crippen molar-refractivity contribution >= 4 is 0 Å². The molecule has 0 amide bonds. The van der Waals surface area contributed by atoms with Gasteiger partial charge < -0.3 is 5.11 Å². The largest absolute Gasteiger partial charge is 0.392 e. The lowest BCUT2D eigenvalue weighted by Gasteiger charge is -2.47. The van der Waals surface area contributed by atoms with Crippen LogP contribution in [-0.2, 0) is 0 Å². The van der Waals surface area contributed by atoms with E-state index in [2.05, 4.69) is 13.0 Å². The normalized spacial score (nSPS) is 44.2. The molecule has 2 bridgehead atoms. The summed E-state index contributed by atoms with van der Waals surface area (Å²) in [4.78, 5) is 0. The zero-order valence-electron chi connectivity index (χ0n) is 6.38. The molecule has 3 unspecified atom stereocenters. The second kappa shape index (κ2) is 2.09. The molecule has 1 fully saturated rings. The third kappa shape index (κ3) is 0.671. The van der Waals surface area contributed by atoms with Gasteiger partial charge in [0, 0.05) is 0 Å². The number of allylic oxidation sites excluding steroid dienone is 1. The van der Waals surface area contributed by atoms with Crippen molar-refractivity contribution < 1.29 is 5.11 Å². The number of hydrogen-bond donors (Lipinski definition) is 1. The number of fused-ring (bicyclic) bond motifs is 1. The van der Waals surface area contributed by atoms with E-state index in [0.29, 0.717) is 6.61 Å². The Hall–Kier alpha value is -0.300. The maximum absolute atomic E-state index is 8.94. The fourth-order valence-corrected chi connectivity index (χ4v) is 2.32. The SMILES string of the molecule is CC1C2CC=C(CO)C1C2. The molecule has 3 aliphatic carbocycles. The van der Waals surface area contributed by atoms with Gasteiger partial charge in [-0.15, -0.1) is 0 Å². The zero-order chi connectivity index (χ0) is 7.14. The minimum atomic E-state index is 0.293. The molecule has 0 heterocycles. The van der Waals surface area contributed by atoms with Crippen LogP contribution in [-0.4, -0.2) is 11.7 Å². The molecule has 10 heavy (non-hydrogen) atoms. The van der Waals surface area contributed by atoms with E-state index in [-0.39, 0.29) is 0 Å². The summed E-state index contributed by atoms with van der Waals surface area (Å²) in [5, 5.41) is 8.94. The van der Waals surface area contributed by atoms with Crippen molar-refractivity contribution in [3.63, 3.8) is 0 Å². The van der Waals surface area contributed by atoms with Crippen molar-refractivity contribution in [3.8, 4) is 0 Å². The maximum atomic E-state index is 8.94. The first-order chi connectivity index (χ1) is 4.83. The molecule has 0 aromatic heterocycles. The van der Waals surface area contributed by atoms with Crippen molar-refractivity contribution in [1.29, 1.82) is 0 Å². The molecule has 0 saturated heterocycles. The summed E-state index contributed by atoms with van der Waals surface area (Å²) in [7, 11) is 0. The minimum absolute atomic E-state index is 0.293. The minimum Gasteiger partial charge on any atom is -0.392 e. The highest BCUT2D eigenvalue weighted by Crippen LogP contribution is 2.50. The predicted octanol–water partition coefficient (Wildman–Crippen LogP) is 1.58. The lowest BCUT2D eigenvalue weighted by Crippen LogP contribution is -2.39. The van der Waals surface area contributed by atoms with Crippen LogP contribution >= 0.6 is 0 Å². The summed E-state index contributed by atoms with van der Waals surface area (Å²) in [6.45, 7) is 2.60. The molecule has 3 rings (SSSR count). The summed E-state index contributed by atoms with van der Waals surface area (Å²) >= 11 is 0. The van der Waals surface area contributed by atoms with E-state index in [1.165, 1.54) is 18.4 Å². The van der Waals surface area contributed by atoms with Gasteiger partial charge in [0.15, 0.2) is 0 Å². The van der Waals surface area contributed by atoms with Crippen molar-refractivity contribution in [2.24, 2.45) is 17.8 Å². The Labute approximate surface area is 61.8 Å². The van der Waals surface area contributed by atoms with Gasteiger partial charge in [-0.1, -0.05) is 13.0 Å². The van der Waals surface area contributed by atoms with E-state index in [9.17, 15) is 0 Å². The van der Waals surface area contributed by atoms with Crippen LogP contribution in [0.2, 0.25) is 0 Å². The molecule has 3 aliphatic rings. The number of aliphatic hydroxyl groups is 1. The van der Waals surface area contributed by atoms with Crippen LogP contribution in [0.3, 0.4) is 0 Å². The Kier molecular flexibility index (Phi) is 1.34. The Morgan fingerprint density at radius 2 is 2.50 bits per heavy atom. The van der Waals surface area contributed by atoms with E-state index in [1.807, 2.05) is 0 Å². The number of hydrogen-bond acceptors (Lipinski definition) is 1. The third-order valence-corrected chi connectivity index (χ3v) is 3.28. The van der Waals surface area contributed by atoms with E-state index in [1.54, 1.807) is 0 Å². The molecule has 1 nitrogen and oxygen atoms in total. The summed E-state index contributed by atoms with van der Waals surface area (Å²) in [5.74, 6) is 2.54. The summed E-state index contributed by atoms with van der Waals surface area (Å²) in [5.41, 5.74) is 1.30. The summed E-state index contributed by atoms with van der Waals surface area (Å²) in [6, 6.07) is 0. The molecule has 3 atom stereocenters. The Morgan fingerprint density at radius 3 is 2.90 bits per heavy atom. The molecule has 0 aromatic rings. The molecule has 0 aliphatic heterocycles. The van der Waals surface area contributed by atoms with Crippen LogP contribution in [0.15, 0.2) is 11.6 Å². The average Bonchev–Trinajstić information content (AvgIpc) is 2.03. The maximum Gasteiger partial charge on any atom is 0.0644 e. The lowest BCUT2D eigenvalue weighted by molar-refractivity contribution is 0.0908. The van der Waals surface area contributed by atoms with E-state index in [4.69, 9.17) is 5.11 Å². The van der Waals surface area contributed by atoms with Gasteiger partial charge in [0.2, 0.25) is 0 Å². The highest BCUT2D eigenvalue weighted by atomic mass is 16.3. The Morgan fingerprint density at radius 1 is 1.70 bits per heavy atom. The molecule has 56 valence electrons. The van der Waals surface area contributed by atoms with Crippen LogP contribution in [0.5, 0.6) is 0 Å². The van der Waals surface area contributed by atoms with Gasteiger partial charge in [0.25, 0.3) is 0 Å². The van der Waals surface area contributed by atoms with Crippen LogP contribution in [0.4, 0.5) is 0 Å². The lowest BCUT2D eigenvalue weighted by atomic mass is 9.58. The Balaban J connectivity index is 2.15. The molecular formula is C9H14O. The third-order valence-electron chi connectivity index (χ3n) is 3.28. The van der Waals surface area contributed by atoms with Gasteiger partial charge in [0.05, 0.1) is 6.61 Å². The van der Waals surface area contributed by atoms with Crippen molar-refractivity contribution in [2.75, 3.05) is 6.61 Å². The molecular weight excluding hydrogens is 124 g/mol. The van der Waals surface area contributed by atoms with Crippen LogP contribution < -0.4 is 0 Å². The Bertz CT molecular complexity index is 172. The van der Waals surface area contributed by atoms with Crippen LogP contribution in [0.25, 0.3) is 0 Å². The number of rotatable bonds is 1. The predicted molar refractivity (Wildman–Crippen MR) is 40.5 cm³/mol. The van der Waals surface area contributed by atoms with Gasteiger partial charge >= 0.3 is 0 Å². The molecule has 0 radical (unpaired) electrons. The monoisotopic (exact) mass is 138 g/mol. The van der Waals surface area contributed by atoms with Gasteiger partial charge in [-0.3, -0.25) is 0 Å². The standard InChI is InChI=1S/C9H14O/c1-6-7-2-3-8(5-10)9(6)4-7/h3,6-7,9-10H,2,4-5H2,1H3. The van der Waals surface area contributed by atoms with Gasteiger partial charge in [-0.05, 0) is 36.2 Å². The first-order valence-corrected chi connectivity index (χ1v) is 4.12. The quantitative estimate of drug-likeness (QED) is 0.545.